The summed E-state index contributed by atoms with van der Waals surface area (Å²) in [6.07, 6.45) is -5.21. The molecule has 0 aliphatic rings. The molecule has 32 heavy (non-hydrogen) atoms. The Morgan fingerprint density at radius 3 is 2.41 bits per heavy atom. The molecule has 2 aromatic heterocycles. The van der Waals surface area contributed by atoms with Crippen molar-refractivity contribution in [2.24, 2.45) is 0 Å². The van der Waals surface area contributed by atoms with Gasteiger partial charge in [-0.25, -0.2) is 13.2 Å². The molecule has 2 N–H and O–H groups in total. The summed E-state index contributed by atoms with van der Waals surface area (Å²) in [6, 6.07) is 6.26. The SMILES string of the molecule is O=C(CCc1c(-c2ccc(F)cc2)[nH]c2c(F)cc(F)cc12)Nc1nnc(C(F)(F)F)o1. The van der Waals surface area contributed by atoms with Gasteiger partial charge in [-0.1, -0.05) is 5.10 Å². The summed E-state index contributed by atoms with van der Waals surface area (Å²) < 4.78 is 83.3. The summed E-state index contributed by atoms with van der Waals surface area (Å²) in [5.74, 6) is -4.58. The average Bonchev–Trinajstić information content (AvgIpc) is 3.32. The zero-order valence-corrected chi connectivity index (χ0v) is 15.9. The third-order valence-corrected chi connectivity index (χ3v) is 4.58. The lowest BCUT2D eigenvalue weighted by molar-refractivity contribution is -0.157. The lowest BCUT2D eigenvalue weighted by Gasteiger charge is -2.06. The monoisotopic (exact) mass is 454 g/mol. The minimum absolute atomic E-state index is 0.00662. The van der Waals surface area contributed by atoms with Gasteiger partial charge in [-0.05, 0) is 47.9 Å². The topological polar surface area (TPSA) is 83.8 Å². The Labute approximate surface area is 175 Å². The van der Waals surface area contributed by atoms with Crippen LogP contribution >= 0.6 is 0 Å². The normalized spacial score (nSPS) is 11.8. The number of nitrogens with one attached hydrogen (secondary N) is 2. The van der Waals surface area contributed by atoms with E-state index < -0.39 is 41.4 Å². The molecule has 0 radical (unpaired) electrons. The third kappa shape index (κ3) is 4.29. The molecule has 0 saturated carbocycles. The molecule has 0 aliphatic carbocycles. The van der Waals surface area contributed by atoms with E-state index in [1.165, 1.54) is 24.3 Å². The number of hydrogen-bond acceptors (Lipinski definition) is 4. The molecule has 0 saturated heterocycles. The number of H-pyrrole nitrogens is 1. The Bertz CT molecular complexity index is 1290. The summed E-state index contributed by atoms with van der Waals surface area (Å²) in [4.78, 5) is 15.0. The predicted molar refractivity (Wildman–Crippen MR) is 99.9 cm³/mol. The highest BCUT2D eigenvalue weighted by atomic mass is 19.4. The van der Waals surface area contributed by atoms with E-state index in [4.69, 9.17) is 0 Å². The van der Waals surface area contributed by atoms with Gasteiger partial charge in [0, 0.05) is 23.6 Å². The van der Waals surface area contributed by atoms with Crippen LogP contribution in [0.3, 0.4) is 0 Å². The Kier molecular flexibility index (Phi) is 5.36. The lowest BCUT2D eigenvalue weighted by Crippen LogP contribution is -2.12. The molecule has 12 heteroatoms. The number of aromatic amines is 1. The smallest absolute Gasteiger partial charge is 0.399 e. The van der Waals surface area contributed by atoms with Crippen molar-refractivity contribution in [1.82, 2.24) is 15.2 Å². The quantitative estimate of drug-likeness (QED) is 0.405. The van der Waals surface area contributed by atoms with Crippen molar-refractivity contribution < 1.29 is 35.6 Å². The van der Waals surface area contributed by atoms with Gasteiger partial charge in [0.05, 0.1) is 5.52 Å². The maximum Gasteiger partial charge on any atom is 0.470 e. The molecule has 2 heterocycles. The van der Waals surface area contributed by atoms with E-state index in [1.54, 1.807) is 0 Å². The Morgan fingerprint density at radius 1 is 1.03 bits per heavy atom. The van der Waals surface area contributed by atoms with Crippen molar-refractivity contribution in [1.29, 1.82) is 0 Å². The van der Waals surface area contributed by atoms with Gasteiger partial charge in [-0.3, -0.25) is 10.1 Å². The average molecular weight is 454 g/mol. The van der Waals surface area contributed by atoms with Crippen LogP contribution in [0, 0.1) is 17.5 Å². The number of carbonyl (C=O) groups excluding carboxylic acids is 1. The van der Waals surface area contributed by atoms with E-state index in [0.717, 1.165) is 6.07 Å². The first-order valence-corrected chi connectivity index (χ1v) is 9.08. The molecular formula is C20H12F6N4O2. The number of aryl methyl sites for hydroxylation is 1. The number of benzene rings is 2. The van der Waals surface area contributed by atoms with Crippen molar-refractivity contribution in [2.75, 3.05) is 5.32 Å². The zero-order valence-electron chi connectivity index (χ0n) is 15.9. The molecule has 0 bridgehead atoms. The molecule has 1 amide bonds. The van der Waals surface area contributed by atoms with Crippen LogP contribution in [-0.2, 0) is 17.4 Å². The van der Waals surface area contributed by atoms with Crippen LogP contribution in [0.4, 0.5) is 32.4 Å². The molecule has 0 fully saturated rings. The predicted octanol–water partition coefficient (Wildman–Crippen LogP) is 5.23. The standard InChI is InChI=1S/C20H12F6N4O2/c21-10-3-1-9(2-4-10)16-12(13-7-11(22)8-14(23)17(13)28-16)5-6-15(31)27-19-30-29-18(32-19)20(24,25)26/h1-4,7-8,28H,5-6H2,(H,27,30,31). The van der Waals surface area contributed by atoms with Crippen LogP contribution in [0.25, 0.3) is 22.2 Å². The van der Waals surface area contributed by atoms with Crippen LogP contribution in [0.5, 0.6) is 0 Å². The highest BCUT2D eigenvalue weighted by Crippen LogP contribution is 2.33. The van der Waals surface area contributed by atoms with Crippen molar-refractivity contribution in [3.05, 3.63) is 65.3 Å². The third-order valence-electron chi connectivity index (χ3n) is 4.58. The number of nitrogens with zero attached hydrogens (tertiary/aromatic N) is 2. The molecule has 166 valence electrons. The summed E-state index contributed by atoms with van der Waals surface area (Å²) >= 11 is 0. The fourth-order valence-electron chi connectivity index (χ4n) is 3.20. The van der Waals surface area contributed by atoms with Gasteiger partial charge < -0.3 is 9.40 Å². The summed E-state index contributed by atoms with van der Waals surface area (Å²) in [7, 11) is 0. The first-order chi connectivity index (χ1) is 15.1. The van der Waals surface area contributed by atoms with Crippen LogP contribution in [0.15, 0.2) is 40.8 Å². The Morgan fingerprint density at radius 2 is 1.75 bits per heavy atom. The summed E-state index contributed by atoms with van der Waals surface area (Å²) in [6.45, 7) is 0. The van der Waals surface area contributed by atoms with E-state index in [1.807, 2.05) is 5.32 Å². The highest BCUT2D eigenvalue weighted by Gasteiger charge is 2.38. The van der Waals surface area contributed by atoms with Gasteiger partial charge in [-0.15, -0.1) is 5.10 Å². The number of rotatable bonds is 5. The fraction of sp³-hybridized carbons (Fsp3) is 0.150. The van der Waals surface area contributed by atoms with E-state index in [9.17, 15) is 31.1 Å². The Balaban J connectivity index is 1.61. The first-order valence-electron chi connectivity index (χ1n) is 9.08. The molecular weight excluding hydrogens is 442 g/mol. The van der Waals surface area contributed by atoms with Crippen molar-refractivity contribution in [3.63, 3.8) is 0 Å². The van der Waals surface area contributed by atoms with Crippen LogP contribution in [0.2, 0.25) is 0 Å². The molecule has 0 unspecified atom stereocenters. The van der Waals surface area contributed by atoms with Crippen molar-refractivity contribution >= 4 is 22.8 Å². The lowest BCUT2D eigenvalue weighted by atomic mass is 10.0. The number of amides is 1. The molecule has 0 atom stereocenters. The second kappa shape index (κ2) is 8.02. The molecule has 0 aliphatic heterocycles. The minimum atomic E-state index is -4.86. The van der Waals surface area contributed by atoms with E-state index in [2.05, 4.69) is 19.6 Å². The number of anilines is 1. The summed E-state index contributed by atoms with van der Waals surface area (Å²) in [5.41, 5.74) is 1.16. The maximum atomic E-state index is 14.3. The molecule has 6 nitrogen and oxygen atoms in total. The van der Waals surface area contributed by atoms with Gasteiger partial charge in [0.15, 0.2) is 0 Å². The van der Waals surface area contributed by atoms with Crippen LogP contribution in [0.1, 0.15) is 17.9 Å². The number of fused-ring (bicyclic) bond motifs is 1. The second-order valence-electron chi connectivity index (χ2n) is 6.75. The van der Waals surface area contributed by atoms with Crippen LogP contribution in [-0.4, -0.2) is 21.1 Å². The fourth-order valence-corrected chi connectivity index (χ4v) is 3.20. The molecule has 4 rings (SSSR count). The number of alkyl halides is 3. The second-order valence-corrected chi connectivity index (χ2v) is 6.75. The van der Waals surface area contributed by atoms with E-state index in [-0.39, 0.29) is 23.7 Å². The number of carbonyl (C=O) groups is 1. The van der Waals surface area contributed by atoms with Crippen molar-refractivity contribution in [3.8, 4) is 11.3 Å². The van der Waals surface area contributed by atoms with E-state index in [0.29, 0.717) is 22.9 Å². The van der Waals surface area contributed by atoms with Crippen molar-refractivity contribution in [2.45, 2.75) is 19.0 Å². The van der Waals surface area contributed by atoms with Gasteiger partial charge in [0.1, 0.15) is 17.5 Å². The maximum absolute atomic E-state index is 14.3. The van der Waals surface area contributed by atoms with Gasteiger partial charge in [0.2, 0.25) is 5.91 Å². The largest absolute Gasteiger partial charge is 0.470 e. The molecule has 0 spiro atoms. The molecule has 2 aromatic carbocycles. The van der Waals surface area contributed by atoms with Gasteiger partial charge >= 0.3 is 18.1 Å². The van der Waals surface area contributed by atoms with Gasteiger partial charge in [0.25, 0.3) is 0 Å². The number of hydrogen-bond donors (Lipinski definition) is 2. The number of halogens is 6. The molecule has 4 aromatic rings. The minimum Gasteiger partial charge on any atom is -0.399 e. The highest BCUT2D eigenvalue weighted by molar-refractivity contribution is 5.93. The zero-order chi connectivity index (χ0) is 23.0. The summed E-state index contributed by atoms with van der Waals surface area (Å²) in [5, 5.41) is 8.12. The van der Waals surface area contributed by atoms with Crippen LogP contribution < -0.4 is 5.32 Å². The Hall–Kier alpha value is -3.83. The first kappa shape index (κ1) is 21.4. The van der Waals surface area contributed by atoms with E-state index >= 15 is 0 Å². The van der Waals surface area contributed by atoms with Gasteiger partial charge in [-0.2, -0.15) is 13.2 Å². The number of aromatic nitrogens is 3.